The van der Waals surface area contributed by atoms with Gasteiger partial charge in [0, 0.05) is 24.0 Å². The van der Waals surface area contributed by atoms with Crippen molar-refractivity contribution in [2.24, 2.45) is 17.8 Å². The molecule has 0 saturated heterocycles. The van der Waals surface area contributed by atoms with Crippen LogP contribution in [0.5, 0.6) is 11.6 Å². The lowest BCUT2D eigenvalue weighted by Crippen LogP contribution is -2.46. The standard InChI is InChI=1S/C30H36ClF3N2O4/c1-18-4-8-21(9-5-18)28(37)36(22-10-6-19(2)7-11-22)26-13-12-23(15-24(26)29(38)39-3)40-27-25(30(32,33)34)14-20(16-31)17-35-27/h12-15,17-19,21-22H,4-11,16H2,1-3H3. The number of esters is 1. The fourth-order valence-corrected chi connectivity index (χ4v) is 5.87. The normalized spacial score (nSPS) is 23.4. The van der Waals surface area contributed by atoms with Crippen LogP contribution in [0.3, 0.4) is 0 Å². The highest BCUT2D eigenvalue weighted by molar-refractivity contribution is 6.17. The van der Waals surface area contributed by atoms with Gasteiger partial charge in [0.25, 0.3) is 0 Å². The van der Waals surface area contributed by atoms with E-state index in [1.165, 1.54) is 25.4 Å². The molecule has 0 unspecified atom stereocenters. The molecular weight excluding hydrogens is 545 g/mol. The van der Waals surface area contributed by atoms with E-state index in [9.17, 15) is 22.8 Å². The quantitative estimate of drug-likeness (QED) is 0.244. The average Bonchev–Trinajstić information content (AvgIpc) is 2.94. The number of aromatic nitrogens is 1. The maximum Gasteiger partial charge on any atom is 0.421 e. The predicted octanol–water partition coefficient (Wildman–Crippen LogP) is 8.16. The van der Waals surface area contributed by atoms with E-state index in [1.54, 1.807) is 11.0 Å². The third-order valence-electron chi connectivity index (χ3n) is 8.17. The van der Waals surface area contributed by atoms with Gasteiger partial charge in [-0.05, 0) is 93.0 Å². The third-order valence-corrected chi connectivity index (χ3v) is 8.48. The number of hydrogen-bond donors (Lipinski definition) is 0. The maximum absolute atomic E-state index is 14.0. The van der Waals surface area contributed by atoms with Crippen molar-refractivity contribution in [3.8, 4) is 11.6 Å². The highest BCUT2D eigenvalue weighted by atomic mass is 35.5. The Hall–Kier alpha value is -2.81. The van der Waals surface area contributed by atoms with Gasteiger partial charge >= 0.3 is 12.1 Å². The van der Waals surface area contributed by atoms with Crippen LogP contribution in [-0.2, 0) is 21.6 Å². The molecule has 40 heavy (non-hydrogen) atoms. The van der Waals surface area contributed by atoms with Crippen molar-refractivity contribution in [1.29, 1.82) is 0 Å². The number of hydrogen-bond acceptors (Lipinski definition) is 5. The van der Waals surface area contributed by atoms with E-state index in [0.29, 0.717) is 17.5 Å². The van der Waals surface area contributed by atoms with Crippen molar-refractivity contribution in [3.63, 3.8) is 0 Å². The van der Waals surface area contributed by atoms with E-state index in [1.807, 2.05) is 0 Å². The fourth-order valence-electron chi connectivity index (χ4n) is 5.73. The Morgan fingerprint density at radius 2 is 1.62 bits per heavy atom. The Kier molecular flexibility index (Phi) is 9.64. The molecule has 4 rings (SSSR count). The molecule has 0 N–H and O–H groups in total. The fraction of sp³-hybridized carbons (Fsp3) is 0.567. The first kappa shape index (κ1) is 30.2. The summed E-state index contributed by atoms with van der Waals surface area (Å²) in [4.78, 5) is 32.6. The summed E-state index contributed by atoms with van der Waals surface area (Å²) in [5.41, 5.74) is -0.431. The molecule has 1 amide bonds. The summed E-state index contributed by atoms with van der Waals surface area (Å²) in [6, 6.07) is 5.17. The molecular formula is C30H36ClF3N2O4. The molecule has 2 aliphatic rings. The summed E-state index contributed by atoms with van der Waals surface area (Å²) in [6.45, 7) is 4.39. The average molecular weight is 581 g/mol. The molecule has 2 aliphatic carbocycles. The van der Waals surface area contributed by atoms with Gasteiger partial charge in [0.15, 0.2) is 0 Å². The summed E-state index contributed by atoms with van der Waals surface area (Å²) in [7, 11) is 1.23. The second-order valence-electron chi connectivity index (χ2n) is 11.2. The number of ether oxygens (including phenoxy) is 2. The van der Waals surface area contributed by atoms with Crippen LogP contribution in [0.15, 0.2) is 30.5 Å². The zero-order valence-corrected chi connectivity index (χ0v) is 23.9. The van der Waals surface area contributed by atoms with Crippen LogP contribution >= 0.6 is 11.6 Å². The van der Waals surface area contributed by atoms with E-state index in [4.69, 9.17) is 21.1 Å². The van der Waals surface area contributed by atoms with Crippen LogP contribution < -0.4 is 9.64 Å². The number of carbonyl (C=O) groups excluding carboxylic acids is 2. The second kappa shape index (κ2) is 12.8. The van der Waals surface area contributed by atoms with Crippen molar-refractivity contribution in [1.82, 2.24) is 4.98 Å². The van der Waals surface area contributed by atoms with Crippen molar-refractivity contribution in [3.05, 3.63) is 47.2 Å². The number of pyridine rings is 1. The van der Waals surface area contributed by atoms with Crippen molar-refractivity contribution < 1.29 is 32.2 Å². The summed E-state index contributed by atoms with van der Waals surface area (Å²) in [5.74, 6) is -0.558. The first-order valence-electron chi connectivity index (χ1n) is 13.9. The van der Waals surface area contributed by atoms with E-state index >= 15 is 0 Å². The van der Waals surface area contributed by atoms with Crippen LogP contribution in [0.25, 0.3) is 0 Å². The predicted molar refractivity (Wildman–Crippen MR) is 147 cm³/mol. The highest BCUT2D eigenvalue weighted by Gasteiger charge is 2.38. The van der Waals surface area contributed by atoms with Gasteiger partial charge in [0.1, 0.15) is 11.3 Å². The third kappa shape index (κ3) is 6.90. The molecule has 1 aromatic heterocycles. The van der Waals surface area contributed by atoms with Gasteiger partial charge in [0.2, 0.25) is 11.8 Å². The first-order chi connectivity index (χ1) is 19.0. The Morgan fingerprint density at radius 3 is 2.20 bits per heavy atom. The number of amides is 1. The van der Waals surface area contributed by atoms with Crippen LogP contribution in [0.4, 0.5) is 18.9 Å². The minimum atomic E-state index is -4.73. The molecule has 2 fully saturated rings. The minimum absolute atomic E-state index is 0.0111. The zero-order chi connectivity index (χ0) is 29.0. The molecule has 0 bridgehead atoms. The van der Waals surface area contributed by atoms with Crippen LogP contribution in [0, 0.1) is 17.8 Å². The monoisotopic (exact) mass is 580 g/mol. The summed E-state index contributed by atoms with van der Waals surface area (Å²) in [5, 5.41) is 0. The number of rotatable bonds is 7. The molecule has 0 spiro atoms. The van der Waals surface area contributed by atoms with E-state index in [0.717, 1.165) is 57.4 Å². The number of nitrogens with zero attached hydrogens (tertiary/aromatic N) is 2. The van der Waals surface area contributed by atoms with Crippen molar-refractivity contribution >= 4 is 29.2 Å². The summed E-state index contributed by atoms with van der Waals surface area (Å²) < 4.78 is 51.8. The largest absolute Gasteiger partial charge is 0.465 e. The molecule has 1 aromatic carbocycles. The molecule has 218 valence electrons. The number of alkyl halides is 4. The van der Waals surface area contributed by atoms with Gasteiger partial charge in [-0.1, -0.05) is 13.8 Å². The van der Waals surface area contributed by atoms with Gasteiger partial charge in [-0.2, -0.15) is 13.2 Å². The molecule has 2 saturated carbocycles. The molecule has 0 atom stereocenters. The second-order valence-corrected chi connectivity index (χ2v) is 11.4. The first-order valence-corrected chi connectivity index (χ1v) is 14.4. The molecule has 10 heteroatoms. The number of anilines is 1. The number of benzene rings is 1. The number of carbonyl (C=O) groups is 2. The molecule has 0 radical (unpaired) electrons. The molecule has 1 heterocycles. The van der Waals surface area contributed by atoms with E-state index in [2.05, 4.69) is 18.8 Å². The van der Waals surface area contributed by atoms with Crippen LogP contribution in [0.1, 0.15) is 86.7 Å². The lowest BCUT2D eigenvalue weighted by Gasteiger charge is -2.40. The van der Waals surface area contributed by atoms with E-state index < -0.39 is 23.6 Å². The van der Waals surface area contributed by atoms with E-state index in [-0.39, 0.29) is 40.6 Å². The Morgan fingerprint density at radius 1 is 1.00 bits per heavy atom. The molecule has 6 nitrogen and oxygen atoms in total. The maximum atomic E-state index is 14.0. The van der Waals surface area contributed by atoms with Gasteiger partial charge < -0.3 is 14.4 Å². The Balaban J connectivity index is 1.73. The van der Waals surface area contributed by atoms with Crippen molar-refractivity contribution in [2.75, 3.05) is 12.0 Å². The number of methoxy groups -OCH3 is 1. The van der Waals surface area contributed by atoms with Gasteiger partial charge in [0.05, 0.1) is 18.4 Å². The smallest absolute Gasteiger partial charge is 0.421 e. The van der Waals surface area contributed by atoms with Gasteiger partial charge in [-0.3, -0.25) is 4.79 Å². The highest BCUT2D eigenvalue weighted by Crippen LogP contribution is 2.40. The topological polar surface area (TPSA) is 68.7 Å². The lowest BCUT2D eigenvalue weighted by atomic mass is 9.81. The van der Waals surface area contributed by atoms with Crippen LogP contribution in [0.2, 0.25) is 0 Å². The Bertz CT molecular complexity index is 1210. The zero-order valence-electron chi connectivity index (χ0n) is 23.1. The van der Waals surface area contributed by atoms with Crippen molar-refractivity contribution in [2.45, 2.75) is 83.3 Å². The molecule has 2 aromatic rings. The van der Waals surface area contributed by atoms with Crippen LogP contribution in [-0.4, -0.2) is 30.0 Å². The minimum Gasteiger partial charge on any atom is -0.465 e. The summed E-state index contributed by atoms with van der Waals surface area (Å²) in [6.07, 6.45) is 3.55. The SMILES string of the molecule is COC(=O)c1cc(Oc2ncc(CCl)cc2C(F)(F)F)ccc1N(C(=O)C1CCC(C)CC1)C1CCC(C)CC1. The number of halogens is 4. The van der Waals surface area contributed by atoms with Gasteiger partial charge in [-0.15, -0.1) is 11.6 Å². The lowest BCUT2D eigenvalue weighted by molar-refractivity contribution is -0.139. The van der Waals surface area contributed by atoms with Gasteiger partial charge in [-0.25, -0.2) is 9.78 Å². The molecule has 0 aliphatic heterocycles. The Labute approximate surface area is 238 Å². The summed E-state index contributed by atoms with van der Waals surface area (Å²) >= 11 is 5.71.